The molecular weight excluding hydrogens is 398 g/mol. The van der Waals surface area contributed by atoms with Crippen molar-refractivity contribution < 1.29 is 24.1 Å². The van der Waals surface area contributed by atoms with Gasteiger partial charge in [-0.3, -0.25) is 4.79 Å². The van der Waals surface area contributed by atoms with Gasteiger partial charge < -0.3 is 23.9 Å². The Morgan fingerprint density at radius 2 is 1.87 bits per heavy atom. The predicted molar refractivity (Wildman–Crippen MR) is 116 cm³/mol. The number of aromatic nitrogens is 1. The fourth-order valence-electron chi connectivity index (χ4n) is 4.74. The third kappa shape index (κ3) is 3.94. The second-order valence-corrected chi connectivity index (χ2v) is 8.74. The quantitative estimate of drug-likeness (QED) is 0.752. The molecule has 1 saturated carbocycles. The molecule has 0 saturated heterocycles. The largest absolute Gasteiger partial charge is 0.493 e. The van der Waals surface area contributed by atoms with Crippen LogP contribution in [0.2, 0.25) is 0 Å². The summed E-state index contributed by atoms with van der Waals surface area (Å²) in [4.78, 5) is 24.0. The highest BCUT2D eigenvalue weighted by molar-refractivity contribution is 5.88. The van der Waals surface area contributed by atoms with Crippen LogP contribution in [0.3, 0.4) is 0 Å². The van der Waals surface area contributed by atoms with E-state index in [0.29, 0.717) is 23.6 Å². The average Bonchev–Trinajstić information content (AvgIpc) is 3.19. The minimum absolute atomic E-state index is 0.0341. The molecule has 4 rings (SSSR count). The van der Waals surface area contributed by atoms with Crippen molar-refractivity contribution in [1.29, 1.82) is 0 Å². The van der Waals surface area contributed by atoms with Gasteiger partial charge in [0.1, 0.15) is 11.7 Å². The number of methoxy groups -OCH3 is 2. The van der Waals surface area contributed by atoms with Crippen LogP contribution in [-0.4, -0.2) is 42.1 Å². The van der Waals surface area contributed by atoms with Gasteiger partial charge in [0.05, 0.1) is 18.9 Å². The molecule has 1 N–H and O–H groups in total. The number of fused-ring (bicyclic) bond motifs is 3. The average molecular weight is 427 g/mol. The molecule has 31 heavy (non-hydrogen) atoms. The first kappa shape index (κ1) is 21.4. The maximum absolute atomic E-state index is 12.5. The van der Waals surface area contributed by atoms with Gasteiger partial charge in [-0.05, 0) is 42.9 Å². The molecule has 2 unspecified atom stereocenters. The van der Waals surface area contributed by atoms with Crippen LogP contribution < -0.4 is 14.9 Å². The van der Waals surface area contributed by atoms with E-state index in [-0.39, 0.29) is 29.7 Å². The number of rotatable bonds is 6. The summed E-state index contributed by atoms with van der Waals surface area (Å²) in [5.74, 6) is 0.341. The van der Waals surface area contributed by atoms with Gasteiger partial charge in [0.25, 0.3) is 0 Å². The summed E-state index contributed by atoms with van der Waals surface area (Å²) < 4.78 is 19.3. The van der Waals surface area contributed by atoms with Crippen LogP contribution in [0, 0.1) is 5.92 Å². The minimum Gasteiger partial charge on any atom is -0.493 e. The third-order valence-corrected chi connectivity index (χ3v) is 6.49. The molecule has 3 atom stereocenters. The number of pyridine rings is 1. The number of hydrogen-bond acceptors (Lipinski definition) is 5. The summed E-state index contributed by atoms with van der Waals surface area (Å²) >= 11 is 0. The first-order chi connectivity index (χ1) is 14.8. The fraction of sp³-hybridized carbons (Fsp3) is 0.500. The summed E-state index contributed by atoms with van der Waals surface area (Å²) in [6.07, 6.45) is 5.26. The van der Waals surface area contributed by atoms with Crippen molar-refractivity contribution in [1.82, 2.24) is 4.57 Å². The molecule has 166 valence electrons. The Hall–Kier alpha value is -2.80. The van der Waals surface area contributed by atoms with E-state index in [1.54, 1.807) is 14.2 Å². The molecule has 0 amide bonds. The second-order valence-electron chi connectivity index (χ2n) is 8.74. The van der Waals surface area contributed by atoms with Gasteiger partial charge in [-0.25, -0.2) is 4.79 Å². The molecule has 1 aromatic carbocycles. The molecule has 7 nitrogen and oxygen atoms in total. The lowest BCUT2D eigenvalue weighted by molar-refractivity contribution is 0.0694. The maximum Gasteiger partial charge on any atom is 0.341 e. The highest BCUT2D eigenvalue weighted by atomic mass is 16.5. The van der Waals surface area contributed by atoms with Crippen molar-refractivity contribution in [3.8, 4) is 22.8 Å². The smallest absolute Gasteiger partial charge is 0.341 e. The summed E-state index contributed by atoms with van der Waals surface area (Å²) in [5.41, 5.74) is 1.94. The molecule has 2 aromatic rings. The first-order valence-corrected chi connectivity index (χ1v) is 10.7. The van der Waals surface area contributed by atoms with Gasteiger partial charge >= 0.3 is 5.97 Å². The van der Waals surface area contributed by atoms with Crippen LogP contribution in [0.1, 0.15) is 55.1 Å². The van der Waals surface area contributed by atoms with E-state index in [4.69, 9.17) is 14.2 Å². The molecule has 0 radical (unpaired) electrons. The Balaban J connectivity index is 1.79. The van der Waals surface area contributed by atoms with E-state index >= 15 is 0 Å². The van der Waals surface area contributed by atoms with Crippen LogP contribution in [0.5, 0.6) is 11.5 Å². The fourth-order valence-corrected chi connectivity index (χ4v) is 4.74. The Kier molecular flexibility index (Phi) is 5.79. The monoisotopic (exact) mass is 427 g/mol. The maximum atomic E-state index is 12.5. The van der Waals surface area contributed by atoms with E-state index in [2.05, 4.69) is 13.8 Å². The number of hydrogen-bond donors (Lipinski definition) is 1. The standard InChI is InChI=1S/C24H29NO6/c1-13(2)19-7-14-8-23(31-16-6-5-15(9-16)29-3)22(30-4)10-17(14)20-11-21(26)18(24(27)28)12-25(19)20/h8,10-13,15-16,19H,5-7,9H2,1-4H3,(H,27,28)/t15?,16?,19-/m0/s1. The minimum atomic E-state index is -1.21. The van der Waals surface area contributed by atoms with Gasteiger partial charge in [-0.15, -0.1) is 0 Å². The van der Waals surface area contributed by atoms with Crippen molar-refractivity contribution in [3.63, 3.8) is 0 Å². The Labute approximate surface area is 181 Å². The number of benzene rings is 1. The molecule has 1 aromatic heterocycles. The second kappa shape index (κ2) is 8.38. The van der Waals surface area contributed by atoms with Crippen LogP contribution in [0.4, 0.5) is 0 Å². The van der Waals surface area contributed by atoms with Crippen molar-refractivity contribution in [2.45, 2.75) is 57.8 Å². The predicted octanol–water partition coefficient (Wildman–Crippen LogP) is 3.92. The topological polar surface area (TPSA) is 87.0 Å². The normalized spacial score (nSPS) is 22.2. The van der Waals surface area contributed by atoms with Crippen molar-refractivity contribution in [2.24, 2.45) is 5.92 Å². The van der Waals surface area contributed by atoms with Crippen LogP contribution >= 0.6 is 0 Å². The molecule has 2 heterocycles. The lowest BCUT2D eigenvalue weighted by atomic mass is 9.87. The van der Waals surface area contributed by atoms with Gasteiger partial charge in [-0.1, -0.05) is 13.8 Å². The highest BCUT2D eigenvalue weighted by Gasteiger charge is 2.31. The summed E-state index contributed by atoms with van der Waals surface area (Å²) in [7, 11) is 3.33. The zero-order chi connectivity index (χ0) is 22.3. The highest BCUT2D eigenvalue weighted by Crippen LogP contribution is 2.43. The first-order valence-electron chi connectivity index (χ1n) is 10.7. The van der Waals surface area contributed by atoms with E-state index in [1.807, 2.05) is 16.7 Å². The summed E-state index contributed by atoms with van der Waals surface area (Å²) in [6.45, 7) is 4.20. The van der Waals surface area contributed by atoms with Gasteiger partial charge in [0.15, 0.2) is 16.9 Å². The third-order valence-electron chi connectivity index (χ3n) is 6.49. The number of carbonyl (C=O) groups is 1. The number of aromatic carboxylic acids is 1. The van der Waals surface area contributed by atoms with Crippen molar-refractivity contribution in [2.75, 3.05) is 14.2 Å². The van der Waals surface area contributed by atoms with Crippen molar-refractivity contribution >= 4 is 5.97 Å². The van der Waals surface area contributed by atoms with Crippen molar-refractivity contribution in [3.05, 3.63) is 45.7 Å². The lowest BCUT2D eigenvalue weighted by Gasteiger charge is -2.34. The lowest BCUT2D eigenvalue weighted by Crippen LogP contribution is -2.28. The summed E-state index contributed by atoms with van der Waals surface area (Å²) in [6, 6.07) is 5.38. The molecule has 2 aliphatic rings. The van der Waals surface area contributed by atoms with Gasteiger partial charge in [0, 0.05) is 37.4 Å². The van der Waals surface area contributed by atoms with Crippen LogP contribution in [0.25, 0.3) is 11.3 Å². The van der Waals surface area contributed by atoms with E-state index in [9.17, 15) is 14.7 Å². The van der Waals surface area contributed by atoms with E-state index in [1.165, 1.54) is 12.3 Å². The number of carboxylic acids is 1. The molecule has 1 fully saturated rings. The molecule has 0 spiro atoms. The zero-order valence-electron chi connectivity index (χ0n) is 18.4. The zero-order valence-corrected chi connectivity index (χ0v) is 18.4. The Bertz CT molecular complexity index is 1060. The molecule has 1 aliphatic heterocycles. The van der Waals surface area contributed by atoms with Gasteiger partial charge in [0.2, 0.25) is 0 Å². The number of ether oxygens (including phenoxy) is 3. The van der Waals surface area contributed by atoms with Crippen LogP contribution in [-0.2, 0) is 11.2 Å². The Morgan fingerprint density at radius 1 is 1.13 bits per heavy atom. The number of nitrogens with zero attached hydrogens (tertiary/aromatic N) is 1. The molecule has 7 heteroatoms. The van der Waals surface area contributed by atoms with E-state index < -0.39 is 11.4 Å². The van der Waals surface area contributed by atoms with Gasteiger partial charge in [-0.2, -0.15) is 0 Å². The number of carboxylic acid groups (broad SMARTS) is 1. The SMILES string of the molecule is COc1cc2c(cc1OC1CCC(OC)C1)C[C@@H](C(C)C)n1cc(C(=O)O)c(=O)cc1-2. The van der Waals surface area contributed by atoms with E-state index in [0.717, 1.165) is 30.4 Å². The molecule has 0 bridgehead atoms. The van der Waals surface area contributed by atoms with Crippen LogP contribution in [0.15, 0.2) is 29.2 Å². The molecular formula is C24H29NO6. The molecule has 1 aliphatic carbocycles. The Morgan fingerprint density at radius 3 is 2.48 bits per heavy atom. The summed E-state index contributed by atoms with van der Waals surface area (Å²) in [5, 5.41) is 9.42.